The zero-order chi connectivity index (χ0) is 54.7. The largest absolute Gasteiger partial charge is 0.454 e. The Morgan fingerprint density at radius 2 is 1.01 bits per heavy atom. The van der Waals surface area contributed by atoms with E-state index >= 15 is 0 Å². The highest BCUT2D eigenvalue weighted by molar-refractivity contribution is 5.80. The summed E-state index contributed by atoms with van der Waals surface area (Å²) in [5, 5.41) is 56.9. The number of esters is 1. The molecule has 6 N–H and O–H groups in total. The maximum Gasteiger partial charge on any atom is 0.306 e. The zero-order valence-electron chi connectivity index (χ0n) is 47.1. The van der Waals surface area contributed by atoms with Crippen LogP contribution in [0.1, 0.15) is 220 Å². The van der Waals surface area contributed by atoms with Crippen LogP contribution in [0.5, 0.6) is 0 Å². The maximum absolute atomic E-state index is 13.4. The van der Waals surface area contributed by atoms with Crippen molar-refractivity contribution in [2.24, 2.45) is 0 Å². The van der Waals surface area contributed by atoms with Gasteiger partial charge in [0.15, 0.2) is 12.4 Å². The van der Waals surface area contributed by atoms with Crippen LogP contribution >= 0.6 is 0 Å². The third-order valence-electron chi connectivity index (χ3n) is 13.3. The lowest BCUT2D eigenvalue weighted by atomic mass is 9.99. The van der Waals surface area contributed by atoms with Crippen molar-refractivity contribution in [2.45, 2.75) is 269 Å². The molecule has 0 bridgehead atoms. The molecule has 428 valence electrons. The molecule has 0 spiro atoms. The molecule has 11 nitrogen and oxygen atoms in total. The molecule has 0 aromatic heterocycles. The molecule has 1 aliphatic heterocycles. The van der Waals surface area contributed by atoms with E-state index in [0.29, 0.717) is 12.8 Å². The summed E-state index contributed by atoms with van der Waals surface area (Å²) in [6.45, 7) is 5.57. The highest BCUT2D eigenvalue weighted by Gasteiger charge is 2.47. The average molecular weight is 1050 g/mol. The monoisotopic (exact) mass is 1050 g/mol. The number of hydrogen-bond donors (Lipinski definition) is 6. The van der Waals surface area contributed by atoms with Gasteiger partial charge in [0.25, 0.3) is 0 Å². The third-order valence-corrected chi connectivity index (χ3v) is 13.3. The molecule has 0 aromatic rings. The van der Waals surface area contributed by atoms with E-state index in [-0.39, 0.29) is 19.4 Å². The summed E-state index contributed by atoms with van der Waals surface area (Å²) in [7, 11) is 0. The molecule has 1 fully saturated rings. The molecule has 0 radical (unpaired) electrons. The fraction of sp³-hybridized carbons (Fsp3) is 0.688. The van der Waals surface area contributed by atoms with Crippen LogP contribution in [-0.2, 0) is 23.8 Å². The molecule has 0 saturated carbocycles. The molecule has 75 heavy (non-hydrogen) atoms. The number of unbranched alkanes of at least 4 members (excludes halogenated alkanes) is 22. The Kier molecular flexibility index (Phi) is 47.2. The van der Waals surface area contributed by atoms with Crippen LogP contribution in [0.2, 0.25) is 0 Å². The van der Waals surface area contributed by atoms with Gasteiger partial charge in [-0.1, -0.05) is 239 Å². The number of allylic oxidation sites excluding steroid dienone is 17. The number of amides is 1. The number of aliphatic hydroxyl groups is 5. The smallest absolute Gasteiger partial charge is 0.306 e. The van der Waals surface area contributed by atoms with E-state index in [0.717, 1.165) is 96.3 Å². The van der Waals surface area contributed by atoms with Crippen LogP contribution < -0.4 is 5.32 Å². The van der Waals surface area contributed by atoms with E-state index in [1.165, 1.54) is 77.0 Å². The van der Waals surface area contributed by atoms with Gasteiger partial charge in [-0.15, -0.1) is 0 Å². The average Bonchev–Trinajstić information content (AvgIpc) is 3.41. The van der Waals surface area contributed by atoms with Crippen molar-refractivity contribution in [3.8, 4) is 0 Å². The lowest BCUT2D eigenvalue weighted by Crippen LogP contribution is -2.61. The molecular weight excluding hydrogens is 943 g/mol. The number of carbonyl (C=O) groups excluding carboxylic acids is 2. The summed E-state index contributed by atoms with van der Waals surface area (Å²) in [4.78, 5) is 26.5. The molecular formula is C64H107NO10. The molecule has 8 unspecified atom stereocenters. The highest BCUT2D eigenvalue weighted by atomic mass is 16.7. The first kappa shape index (κ1) is 69.3. The highest BCUT2D eigenvalue weighted by Crippen LogP contribution is 2.26. The van der Waals surface area contributed by atoms with Crippen molar-refractivity contribution in [3.63, 3.8) is 0 Å². The number of ether oxygens (including phenoxy) is 3. The van der Waals surface area contributed by atoms with Crippen LogP contribution in [0.4, 0.5) is 0 Å². The van der Waals surface area contributed by atoms with Crippen LogP contribution in [0.15, 0.2) is 109 Å². The Balaban J connectivity index is 2.77. The fourth-order valence-corrected chi connectivity index (χ4v) is 8.56. The summed E-state index contributed by atoms with van der Waals surface area (Å²) < 4.78 is 17.5. The molecule has 0 aromatic carbocycles. The van der Waals surface area contributed by atoms with Gasteiger partial charge in [0.05, 0.1) is 25.4 Å². The molecule has 1 heterocycles. The fourth-order valence-electron chi connectivity index (χ4n) is 8.56. The van der Waals surface area contributed by atoms with Gasteiger partial charge < -0.3 is 45.1 Å². The second kappa shape index (κ2) is 51.1. The predicted molar refractivity (Wildman–Crippen MR) is 310 cm³/mol. The van der Waals surface area contributed by atoms with Gasteiger partial charge in [-0.25, -0.2) is 0 Å². The number of aliphatic hydroxyl groups excluding tert-OH is 5. The predicted octanol–water partition coefficient (Wildman–Crippen LogP) is 13.7. The molecule has 1 aliphatic rings. The van der Waals surface area contributed by atoms with E-state index in [9.17, 15) is 35.1 Å². The Morgan fingerprint density at radius 1 is 0.547 bits per heavy atom. The van der Waals surface area contributed by atoms with Crippen molar-refractivity contribution >= 4 is 11.9 Å². The van der Waals surface area contributed by atoms with Crippen LogP contribution in [-0.4, -0.2) is 99.6 Å². The normalized spacial score (nSPS) is 20.0. The van der Waals surface area contributed by atoms with Crippen LogP contribution in [0.25, 0.3) is 0 Å². The van der Waals surface area contributed by atoms with Crippen molar-refractivity contribution < 1.29 is 49.3 Å². The second-order valence-corrected chi connectivity index (χ2v) is 20.1. The van der Waals surface area contributed by atoms with Crippen LogP contribution in [0.3, 0.4) is 0 Å². The first-order chi connectivity index (χ1) is 36.7. The minimum Gasteiger partial charge on any atom is -0.454 e. The summed E-state index contributed by atoms with van der Waals surface area (Å²) >= 11 is 0. The summed E-state index contributed by atoms with van der Waals surface area (Å²) in [5.41, 5.74) is 0. The summed E-state index contributed by atoms with van der Waals surface area (Å²) in [6, 6.07) is -1.05. The maximum atomic E-state index is 13.4. The Bertz CT molecular complexity index is 1630. The lowest BCUT2D eigenvalue weighted by molar-refractivity contribution is -0.305. The number of rotatable bonds is 48. The topological polar surface area (TPSA) is 175 Å². The standard InChI is InChI=1S/C64H107NO10/c1-4-7-10-13-16-19-22-25-27-28-29-31-33-36-39-42-45-48-51-57(68)63(72)65-55(56(67)50-47-44-41-38-35-32-24-21-18-15-12-9-6-3)54-73-64-62(61(71)60(70)58(53-66)74-64)75-59(69)52-49-46-43-40-37-34-30-26-23-20-17-14-11-8-5-2/h8,11,14,16-17,19-20,23,25-27,29-31,34,37,47,50,55-58,60-62,64,66-68,70-71H,4-7,9-10,12-13,15,18,21-22,24,28,32-33,35-36,38-46,48-49,51-54H2,1-3H3,(H,65,72)/b11-8+,17-14+,19-16-,23-20-,27-25-,30-26-,31-29-,37-34+,50-47+. The van der Waals surface area contributed by atoms with E-state index in [1.807, 2.05) is 54.7 Å². The SMILES string of the molecule is CC/C=C/C=C/C=C\C=C/C=C/CCCCCC(=O)OC1C(OCC(NC(=O)C(O)CCCCCCC/C=C\C/C=C\C/C=C\CCCCC)C(O)/C=C/CCCCCCCCCCCCC)OC(CO)C(O)C1O. The number of carbonyl (C=O) groups is 2. The van der Waals surface area contributed by atoms with Gasteiger partial charge in [0.2, 0.25) is 5.91 Å². The minimum absolute atomic E-state index is 0.0668. The van der Waals surface area contributed by atoms with E-state index in [2.05, 4.69) is 74.7 Å². The lowest BCUT2D eigenvalue weighted by Gasteiger charge is -2.41. The van der Waals surface area contributed by atoms with E-state index in [1.54, 1.807) is 6.08 Å². The summed E-state index contributed by atoms with van der Waals surface area (Å²) in [6.07, 6.45) is 58.3. The molecule has 11 heteroatoms. The van der Waals surface area contributed by atoms with Crippen molar-refractivity contribution in [1.29, 1.82) is 0 Å². The van der Waals surface area contributed by atoms with Gasteiger partial charge >= 0.3 is 5.97 Å². The second-order valence-electron chi connectivity index (χ2n) is 20.1. The quantitative estimate of drug-likeness (QED) is 0.0149. The Hall–Kier alpha value is -3.68. The van der Waals surface area contributed by atoms with E-state index in [4.69, 9.17) is 14.2 Å². The molecule has 1 saturated heterocycles. The van der Waals surface area contributed by atoms with Crippen molar-refractivity contribution in [2.75, 3.05) is 13.2 Å². The van der Waals surface area contributed by atoms with Gasteiger partial charge in [-0.05, 0) is 83.5 Å². The van der Waals surface area contributed by atoms with Gasteiger partial charge in [-0.3, -0.25) is 9.59 Å². The van der Waals surface area contributed by atoms with Gasteiger partial charge in [0, 0.05) is 6.42 Å². The van der Waals surface area contributed by atoms with E-state index < -0.39 is 67.4 Å². The molecule has 0 aliphatic carbocycles. The van der Waals surface area contributed by atoms with Gasteiger partial charge in [-0.2, -0.15) is 0 Å². The Labute approximate surface area is 456 Å². The first-order valence-electron chi connectivity index (χ1n) is 29.7. The molecule has 1 rings (SSSR count). The minimum atomic E-state index is -1.64. The van der Waals surface area contributed by atoms with Crippen molar-refractivity contribution in [1.82, 2.24) is 5.32 Å². The third kappa shape index (κ3) is 39.4. The number of nitrogens with one attached hydrogen (secondary N) is 1. The van der Waals surface area contributed by atoms with Gasteiger partial charge in [0.1, 0.15) is 24.4 Å². The number of hydrogen-bond acceptors (Lipinski definition) is 10. The first-order valence-corrected chi connectivity index (χ1v) is 29.7. The zero-order valence-corrected chi connectivity index (χ0v) is 47.1. The van der Waals surface area contributed by atoms with Crippen molar-refractivity contribution in [3.05, 3.63) is 109 Å². The Morgan fingerprint density at radius 3 is 1.59 bits per heavy atom. The van der Waals surface area contributed by atoms with Crippen LogP contribution in [0, 0.1) is 0 Å². The molecule has 1 amide bonds. The summed E-state index contributed by atoms with van der Waals surface area (Å²) in [5.74, 6) is -1.26. The molecule has 8 atom stereocenters.